The lowest BCUT2D eigenvalue weighted by Crippen LogP contribution is -2.37. The highest BCUT2D eigenvalue weighted by molar-refractivity contribution is 5.79. The highest BCUT2D eigenvalue weighted by Gasteiger charge is 2.32. The summed E-state index contributed by atoms with van der Waals surface area (Å²) < 4.78 is 1.82. The number of carbonyl (C=O) groups is 1. The largest absolute Gasteiger partial charge is 0.346 e. The van der Waals surface area contributed by atoms with Crippen molar-refractivity contribution in [1.82, 2.24) is 20.1 Å². The average molecular weight is 251 g/mol. The summed E-state index contributed by atoms with van der Waals surface area (Å²) in [5, 5.41) is 10.8. The van der Waals surface area contributed by atoms with E-state index in [2.05, 4.69) is 15.5 Å². The van der Waals surface area contributed by atoms with E-state index in [1.165, 1.54) is 0 Å². The van der Waals surface area contributed by atoms with Gasteiger partial charge in [-0.05, 0) is 32.2 Å². The molecule has 1 aromatic heterocycles. The Kier molecular flexibility index (Phi) is 3.96. The fourth-order valence-electron chi connectivity index (χ4n) is 2.73. The van der Waals surface area contributed by atoms with Crippen LogP contribution in [0.2, 0.25) is 0 Å². The molecule has 0 bridgehead atoms. The van der Waals surface area contributed by atoms with Gasteiger partial charge in [0.25, 0.3) is 0 Å². The summed E-state index contributed by atoms with van der Waals surface area (Å²) in [7, 11) is 1.87. The van der Waals surface area contributed by atoms with Gasteiger partial charge in [-0.3, -0.25) is 4.79 Å². The van der Waals surface area contributed by atoms with E-state index in [1.54, 1.807) is 6.33 Å². The fraction of sp³-hybridized carbons (Fsp3) is 0.750. The average Bonchev–Trinajstić information content (AvgIpc) is 2.96. The number of nitrogens with zero attached hydrogens (tertiary/aromatic N) is 3. The first kappa shape index (κ1) is 13.0. The van der Waals surface area contributed by atoms with Crippen molar-refractivity contribution in [2.75, 3.05) is 6.54 Å². The van der Waals surface area contributed by atoms with Gasteiger partial charge in [-0.25, -0.2) is 0 Å². The molecule has 1 saturated carbocycles. The normalized spacial score (nSPS) is 25.1. The number of hydrogen-bond donors (Lipinski definition) is 2. The number of aryl methyl sites for hydroxylation is 1. The van der Waals surface area contributed by atoms with Gasteiger partial charge < -0.3 is 15.6 Å². The molecule has 1 heterocycles. The zero-order valence-corrected chi connectivity index (χ0v) is 11.0. The quantitative estimate of drug-likeness (QED) is 0.809. The third kappa shape index (κ3) is 2.53. The Morgan fingerprint density at radius 1 is 1.67 bits per heavy atom. The van der Waals surface area contributed by atoms with Gasteiger partial charge >= 0.3 is 0 Å². The summed E-state index contributed by atoms with van der Waals surface area (Å²) in [4.78, 5) is 12.2. The molecule has 1 aliphatic carbocycles. The first-order valence-electron chi connectivity index (χ1n) is 6.47. The van der Waals surface area contributed by atoms with Crippen molar-refractivity contribution in [3.8, 4) is 0 Å². The van der Waals surface area contributed by atoms with Crippen molar-refractivity contribution >= 4 is 5.91 Å². The third-order valence-corrected chi connectivity index (χ3v) is 3.79. The SMILES string of the molecule is CC(NC(=O)C1CCCC1CN)c1nncn1C. The van der Waals surface area contributed by atoms with Crippen LogP contribution in [0.25, 0.3) is 0 Å². The van der Waals surface area contributed by atoms with Crippen LogP contribution in [0.3, 0.4) is 0 Å². The smallest absolute Gasteiger partial charge is 0.224 e. The van der Waals surface area contributed by atoms with Crippen molar-refractivity contribution in [2.24, 2.45) is 24.6 Å². The van der Waals surface area contributed by atoms with Gasteiger partial charge in [-0.15, -0.1) is 10.2 Å². The van der Waals surface area contributed by atoms with Gasteiger partial charge in [0.2, 0.25) is 5.91 Å². The second kappa shape index (κ2) is 5.48. The lowest BCUT2D eigenvalue weighted by atomic mass is 9.95. The molecule has 18 heavy (non-hydrogen) atoms. The molecule has 3 atom stereocenters. The maximum absolute atomic E-state index is 12.2. The number of aromatic nitrogens is 3. The highest BCUT2D eigenvalue weighted by Crippen LogP contribution is 2.31. The van der Waals surface area contributed by atoms with Crippen molar-refractivity contribution in [3.05, 3.63) is 12.2 Å². The minimum absolute atomic E-state index is 0.0608. The summed E-state index contributed by atoms with van der Waals surface area (Å²) in [6.45, 7) is 2.52. The molecule has 3 unspecified atom stereocenters. The molecule has 1 amide bonds. The predicted molar refractivity (Wildman–Crippen MR) is 67.4 cm³/mol. The Morgan fingerprint density at radius 2 is 2.44 bits per heavy atom. The molecule has 0 radical (unpaired) electrons. The van der Waals surface area contributed by atoms with Gasteiger partial charge in [-0.1, -0.05) is 6.42 Å². The van der Waals surface area contributed by atoms with Gasteiger partial charge in [0.1, 0.15) is 6.33 Å². The van der Waals surface area contributed by atoms with Crippen LogP contribution in [-0.2, 0) is 11.8 Å². The Hall–Kier alpha value is -1.43. The molecule has 0 spiro atoms. The monoisotopic (exact) mass is 251 g/mol. The van der Waals surface area contributed by atoms with Crippen LogP contribution < -0.4 is 11.1 Å². The van der Waals surface area contributed by atoms with Crippen molar-refractivity contribution in [2.45, 2.75) is 32.2 Å². The van der Waals surface area contributed by atoms with Crippen LogP contribution in [0.5, 0.6) is 0 Å². The zero-order valence-electron chi connectivity index (χ0n) is 11.0. The molecule has 1 aliphatic rings. The van der Waals surface area contributed by atoms with Gasteiger partial charge in [-0.2, -0.15) is 0 Å². The molecule has 0 aromatic carbocycles. The van der Waals surface area contributed by atoms with E-state index >= 15 is 0 Å². The summed E-state index contributed by atoms with van der Waals surface area (Å²) in [6, 6.07) is -0.121. The summed E-state index contributed by atoms with van der Waals surface area (Å²) in [6.07, 6.45) is 4.74. The molecule has 6 nitrogen and oxygen atoms in total. The topological polar surface area (TPSA) is 85.8 Å². The maximum atomic E-state index is 12.2. The fourth-order valence-corrected chi connectivity index (χ4v) is 2.73. The minimum atomic E-state index is -0.121. The zero-order chi connectivity index (χ0) is 13.1. The number of rotatable bonds is 4. The first-order valence-corrected chi connectivity index (χ1v) is 6.47. The molecule has 0 saturated heterocycles. The second-order valence-corrected chi connectivity index (χ2v) is 5.06. The Balaban J connectivity index is 1.97. The molecule has 6 heteroatoms. The van der Waals surface area contributed by atoms with Crippen molar-refractivity contribution in [1.29, 1.82) is 0 Å². The summed E-state index contributed by atoms with van der Waals surface area (Å²) in [5.41, 5.74) is 5.71. The standard InChI is InChI=1S/C12H21N5O/c1-8(11-16-14-7-17(11)2)15-12(18)10-5-3-4-9(10)6-13/h7-10H,3-6,13H2,1-2H3,(H,15,18). The van der Waals surface area contributed by atoms with Gasteiger partial charge in [0.15, 0.2) is 5.82 Å². The molecular formula is C12H21N5O. The highest BCUT2D eigenvalue weighted by atomic mass is 16.2. The van der Waals surface area contributed by atoms with E-state index in [9.17, 15) is 4.79 Å². The Morgan fingerprint density at radius 3 is 3.06 bits per heavy atom. The lowest BCUT2D eigenvalue weighted by Gasteiger charge is -2.20. The van der Waals surface area contributed by atoms with Gasteiger partial charge in [0.05, 0.1) is 6.04 Å². The molecule has 1 aromatic rings. The van der Waals surface area contributed by atoms with E-state index in [1.807, 2.05) is 18.5 Å². The molecule has 100 valence electrons. The number of amides is 1. The van der Waals surface area contributed by atoms with Crippen LogP contribution in [0.4, 0.5) is 0 Å². The van der Waals surface area contributed by atoms with Gasteiger partial charge in [0, 0.05) is 13.0 Å². The van der Waals surface area contributed by atoms with E-state index < -0.39 is 0 Å². The minimum Gasteiger partial charge on any atom is -0.346 e. The van der Waals surface area contributed by atoms with Crippen LogP contribution in [0.1, 0.15) is 38.1 Å². The van der Waals surface area contributed by atoms with Crippen LogP contribution in [-0.4, -0.2) is 27.2 Å². The number of hydrogen-bond acceptors (Lipinski definition) is 4. The lowest BCUT2D eigenvalue weighted by molar-refractivity contribution is -0.126. The summed E-state index contributed by atoms with van der Waals surface area (Å²) >= 11 is 0. The van der Waals surface area contributed by atoms with E-state index in [-0.39, 0.29) is 17.9 Å². The van der Waals surface area contributed by atoms with Crippen molar-refractivity contribution in [3.63, 3.8) is 0 Å². The second-order valence-electron chi connectivity index (χ2n) is 5.06. The molecule has 2 rings (SSSR count). The number of carbonyl (C=O) groups excluding carboxylic acids is 1. The van der Waals surface area contributed by atoms with E-state index in [0.717, 1.165) is 25.1 Å². The molecular weight excluding hydrogens is 230 g/mol. The third-order valence-electron chi connectivity index (χ3n) is 3.79. The molecule has 0 aliphatic heterocycles. The van der Waals surface area contributed by atoms with Crippen LogP contribution in [0, 0.1) is 11.8 Å². The first-order chi connectivity index (χ1) is 8.63. The predicted octanol–water partition coefficient (Wildman–Crippen LogP) is 0.367. The van der Waals surface area contributed by atoms with Crippen LogP contribution in [0.15, 0.2) is 6.33 Å². The Labute approximate surface area is 107 Å². The molecule has 1 fully saturated rings. The molecule has 3 N–H and O–H groups in total. The Bertz CT molecular complexity index is 416. The van der Waals surface area contributed by atoms with E-state index in [0.29, 0.717) is 12.5 Å². The summed E-state index contributed by atoms with van der Waals surface area (Å²) in [5.74, 6) is 1.26. The van der Waals surface area contributed by atoms with E-state index in [4.69, 9.17) is 5.73 Å². The van der Waals surface area contributed by atoms with Crippen molar-refractivity contribution < 1.29 is 4.79 Å². The maximum Gasteiger partial charge on any atom is 0.224 e. The number of nitrogens with one attached hydrogen (secondary N) is 1. The number of nitrogens with two attached hydrogens (primary N) is 1. The van der Waals surface area contributed by atoms with Crippen LogP contribution >= 0.6 is 0 Å².